The van der Waals surface area contributed by atoms with Gasteiger partial charge in [-0.1, -0.05) is 24.3 Å². The first-order valence-corrected chi connectivity index (χ1v) is 7.63. The Kier molecular flexibility index (Phi) is 3.83. The van der Waals surface area contributed by atoms with Gasteiger partial charge in [0.1, 0.15) is 5.82 Å². The van der Waals surface area contributed by atoms with E-state index in [0.717, 1.165) is 30.6 Å². The highest BCUT2D eigenvalue weighted by Crippen LogP contribution is 2.17. The summed E-state index contributed by atoms with van der Waals surface area (Å²) in [7, 11) is 0. The second-order valence-corrected chi connectivity index (χ2v) is 5.77. The summed E-state index contributed by atoms with van der Waals surface area (Å²) in [5.74, 6) is 0.697. The third kappa shape index (κ3) is 2.91. The molecule has 0 aliphatic heterocycles. The first-order chi connectivity index (χ1) is 9.83. The van der Waals surface area contributed by atoms with Gasteiger partial charge in [0, 0.05) is 10.9 Å². The fourth-order valence-corrected chi connectivity index (χ4v) is 2.99. The van der Waals surface area contributed by atoms with E-state index >= 15 is 0 Å². The molecule has 3 aromatic rings. The van der Waals surface area contributed by atoms with Crippen molar-refractivity contribution in [2.45, 2.75) is 19.3 Å². The van der Waals surface area contributed by atoms with Gasteiger partial charge in [-0.3, -0.25) is 0 Å². The number of aryl methyl sites for hydroxylation is 2. The third-order valence-corrected chi connectivity index (χ3v) is 4.16. The molecule has 0 unspecified atom stereocenters. The maximum absolute atomic E-state index is 6.04. The number of rotatable bonds is 5. The van der Waals surface area contributed by atoms with Crippen LogP contribution in [0.1, 0.15) is 17.0 Å². The van der Waals surface area contributed by atoms with Crippen molar-refractivity contribution in [3.8, 4) is 5.69 Å². The van der Waals surface area contributed by atoms with Crippen molar-refractivity contribution >= 4 is 17.2 Å². The molecular weight excluding hydrogens is 266 g/mol. The number of hydrogen-bond donors (Lipinski definition) is 1. The number of hydrogen-bond acceptors (Lipinski definition) is 3. The SMILES string of the molecule is Nc1cc(CCCc2cccs2)nn1-c1ccccc1. The second-order valence-electron chi connectivity index (χ2n) is 4.74. The summed E-state index contributed by atoms with van der Waals surface area (Å²) in [6, 6.07) is 16.3. The topological polar surface area (TPSA) is 43.8 Å². The van der Waals surface area contributed by atoms with Gasteiger partial charge in [-0.2, -0.15) is 5.10 Å². The van der Waals surface area contributed by atoms with Crippen LogP contribution < -0.4 is 5.73 Å². The van der Waals surface area contributed by atoms with Crippen LogP contribution in [0.4, 0.5) is 5.82 Å². The number of nitrogens with zero attached hydrogens (tertiary/aromatic N) is 2. The Hall–Kier alpha value is -2.07. The minimum atomic E-state index is 0.697. The van der Waals surface area contributed by atoms with E-state index < -0.39 is 0 Å². The lowest BCUT2D eigenvalue weighted by Crippen LogP contribution is -2.01. The van der Waals surface area contributed by atoms with Gasteiger partial charge in [0.2, 0.25) is 0 Å². The highest BCUT2D eigenvalue weighted by Gasteiger charge is 2.06. The highest BCUT2D eigenvalue weighted by atomic mass is 32.1. The first kappa shape index (κ1) is 12.9. The Labute approximate surface area is 122 Å². The van der Waals surface area contributed by atoms with Crippen molar-refractivity contribution in [1.29, 1.82) is 0 Å². The van der Waals surface area contributed by atoms with Crippen molar-refractivity contribution in [1.82, 2.24) is 9.78 Å². The maximum atomic E-state index is 6.04. The quantitative estimate of drug-likeness (QED) is 0.776. The monoisotopic (exact) mass is 283 g/mol. The van der Waals surface area contributed by atoms with E-state index in [1.807, 2.05) is 47.7 Å². The van der Waals surface area contributed by atoms with Crippen LogP contribution in [0.5, 0.6) is 0 Å². The van der Waals surface area contributed by atoms with E-state index in [0.29, 0.717) is 5.82 Å². The molecule has 2 heterocycles. The molecular formula is C16H17N3S. The molecule has 0 aliphatic rings. The third-order valence-electron chi connectivity index (χ3n) is 3.22. The fraction of sp³-hybridized carbons (Fsp3) is 0.188. The molecule has 0 fully saturated rings. The lowest BCUT2D eigenvalue weighted by atomic mass is 10.2. The Morgan fingerprint density at radius 3 is 2.65 bits per heavy atom. The molecule has 1 aromatic carbocycles. The average Bonchev–Trinajstić information content (AvgIpc) is 3.10. The molecule has 3 nitrogen and oxygen atoms in total. The van der Waals surface area contributed by atoms with Gasteiger partial charge in [0.05, 0.1) is 11.4 Å². The largest absolute Gasteiger partial charge is 0.384 e. The molecule has 0 amide bonds. The van der Waals surface area contributed by atoms with E-state index in [4.69, 9.17) is 5.73 Å². The molecule has 0 aliphatic carbocycles. The number of benzene rings is 1. The fourth-order valence-electron chi connectivity index (χ4n) is 2.24. The molecule has 102 valence electrons. The van der Waals surface area contributed by atoms with E-state index in [1.54, 1.807) is 4.68 Å². The summed E-state index contributed by atoms with van der Waals surface area (Å²) in [5, 5.41) is 6.72. The average molecular weight is 283 g/mol. The van der Waals surface area contributed by atoms with Gasteiger partial charge in [-0.05, 0) is 42.8 Å². The van der Waals surface area contributed by atoms with Crippen LogP contribution in [0, 0.1) is 0 Å². The molecule has 0 spiro atoms. The molecule has 2 N–H and O–H groups in total. The number of thiophene rings is 1. The Balaban J connectivity index is 1.66. The zero-order chi connectivity index (χ0) is 13.8. The second kappa shape index (κ2) is 5.92. The maximum Gasteiger partial charge on any atom is 0.127 e. The molecule has 0 saturated carbocycles. The summed E-state index contributed by atoms with van der Waals surface area (Å²) in [4.78, 5) is 1.43. The van der Waals surface area contributed by atoms with Crippen molar-refractivity contribution < 1.29 is 0 Å². The Morgan fingerprint density at radius 1 is 1.05 bits per heavy atom. The van der Waals surface area contributed by atoms with Crippen LogP contribution in [0.15, 0.2) is 53.9 Å². The van der Waals surface area contributed by atoms with Gasteiger partial charge in [0.15, 0.2) is 0 Å². The smallest absolute Gasteiger partial charge is 0.127 e. The lowest BCUT2D eigenvalue weighted by molar-refractivity contribution is 0.774. The molecule has 0 bridgehead atoms. The van der Waals surface area contributed by atoms with Crippen LogP contribution in [-0.2, 0) is 12.8 Å². The van der Waals surface area contributed by atoms with E-state index in [9.17, 15) is 0 Å². The molecule has 0 saturated heterocycles. The van der Waals surface area contributed by atoms with Crippen LogP contribution in [-0.4, -0.2) is 9.78 Å². The number of para-hydroxylation sites is 1. The van der Waals surface area contributed by atoms with Crippen LogP contribution >= 0.6 is 11.3 Å². The Morgan fingerprint density at radius 2 is 1.90 bits per heavy atom. The summed E-state index contributed by atoms with van der Waals surface area (Å²) < 4.78 is 1.81. The minimum absolute atomic E-state index is 0.697. The van der Waals surface area contributed by atoms with E-state index in [1.165, 1.54) is 4.88 Å². The number of aromatic nitrogens is 2. The predicted molar refractivity (Wildman–Crippen MR) is 84.3 cm³/mol. The van der Waals surface area contributed by atoms with Crippen molar-refractivity contribution in [3.63, 3.8) is 0 Å². The molecule has 0 atom stereocenters. The zero-order valence-corrected chi connectivity index (χ0v) is 12.0. The predicted octanol–water partition coefficient (Wildman–Crippen LogP) is 3.69. The molecule has 0 radical (unpaired) electrons. The first-order valence-electron chi connectivity index (χ1n) is 6.75. The molecule has 20 heavy (non-hydrogen) atoms. The standard InChI is InChI=1S/C16H17N3S/c17-16-12-13(6-4-9-15-10-5-11-20-15)18-19(16)14-7-2-1-3-8-14/h1-3,5,7-8,10-12H,4,6,9,17H2. The van der Waals surface area contributed by atoms with Gasteiger partial charge in [0.25, 0.3) is 0 Å². The van der Waals surface area contributed by atoms with Crippen LogP contribution in [0.3, 0.4) is 0 Å². The molecule has 3 rings (SSSR count). The summed E-state index contributed by atoms with van der Waals surface area (Å²) in [5.41, 5.74) is 8.11. The molecule has 2 aromatic heterocycles. The molecule has 4 heteroatoms. The van der Waals surface area contributed by atoms with Crippen molar-refractivity contribution in [3.05, 3.63) is 64.5 Å². The van der Waals surface area contributed by atoms with Crippen molar-refractivity contribution in [2.75, 3.05) is 5.73 Å². The normalized spacial score (nSPS) is 10.8. The Bertz CT molecular complexity index is 656. The van der Waals surface area contributed by atoms with Gasteiger partial charge >= 0.3 is 0 Å². The number of anilines is 1. The summed E-state index contributed by atoms with van der Waals surface area (Å²) in [6.45, 7) is 0. The minimum Gasteiger partial charge on any atom is -0.384 e. The number of nitrogens with two attached hydrogens (primary N) is 1. The zero-order valence-electron chi connectivity index (χ0n) is 11.2. The van der Waals surface area contributed by atoms with Crippen LogP contribution in [0.2, 0.25) is 0 Å². The van der Waals surface area contributed by atoms with Crippen LogP contribution in [0.25, 0.3) is 5.69 Å². The van der Waals surface area contributed by atoms with Crippen molar-refractivity contribution in [2.24, 2.45) is 0 Å². The highest BCUT2D eigenvalue weighted by molar-refractivity contribution is 7.09. The van der Waals surface area contributed by atoms with Gasteiger partial charge in [-0.15, -0.1) is 11.3 Å². The summed E-state index contributed by atoms with van der Waals surface area (Å²) in [6.07, 6.45) is 3.17. The number of nitrogen functional groups attached to an aromatic ring is 1. The van der Waals surface area contributed by atoms with E-state index in [-0.39, 0.29) is 0 Å². The lowest BCUT2D eigenvalue weighted by Gasteiger charge is -2.02. The van der Waals surface area contributed by atoms with Gasteiger partial charge in [-0.25, -0.2) is 4.68 Å². The van der Waals surface area contributed by atoms with Gasteiger partial charge < -0.3 is 5.73 Å². The van der Waals surface area contributed by atoms with E-state index in [2.05, 4.69) is 22.6 Å². The summed E-state index contributed by atoms with van der Waals surface area (Å²) >= 11 is 1.81.